The Morgan fingerprint density at radius 1 is 1.26 bits per heavy atom. The summed E-state index contributed by atoms with van der Waals surface area (Å²) in [5.41, 5.74) is 0.933. The number of unbranched alkanes of at least 4 members (excludes halogenated alkanes) is 2. The molecular formula is C20H29N5O6. The molecule has 0 radical (unpaired) electrons. The maximum absolute atomic E-state index is 11.2. The summed E-state index contributed by atoms with van der Waals surface area (Å²) in [6, 6.07) is 0. The Bertz CT molecular complexity index is 903. The van der Waals surface area contributed by atoms with Crippen LogP contribution in [0.2, 0.25) is 0 Å². The maximum Gasteiger partial charge on any atom is 0.310 e. The van der Waals surface area contributed by atoms with Crippen LogP contribution in [0, 0.1) is 5.92 Å². The van der Waals surface area contributed by atoms with Gasteiger partial charge in [-0.1, -0.05) is 25.0 Å². The highest BCUT2D eigenvalue weighted by molar-refractivity contribution is 5.82. The van der Waals surface area contributed by atoms with E-state index in [-0.39, 0.29) is 0 Å². The maximum atomic E-state index is 11.2. The van der Waals surface area contributed by atoms with E-state index >= 15 is 0 Å². The molecule has 0 aliphatic carbocycles. The monoisotopic (exact) mass is 435 g/mol. The lowest BCUT2D eigenvalue weighted by molar-refractivity contribution is -0.140. The number of carboxylic acid groups (broad SMARTS) is 1. The van der Waals surface area contributed by atoms with Crippen molar-refractivity contribution in [2.45, 2.75) is 57.1 Å². The molecule has 0 saturated carbocycles. The van der Waals surface area contributed by atoms with Crippen LogP contribution in [0.25, 0.3) is 11.2 Å². The van der Waals surface area contributed by atoms with Gasteiger partial charge in [-0.05, 0) is 19.8 Å². The number of aliphatic carboxylic acids is 1. The molecule has 5 N–H and O–H groups in total. The first-order valence-electron chi connectivity index (χ1n) is 10.4. The molecule has 1 unspecified atom stereocenters. The van der Waals surface area contributed by atoms with E-state index in [9.17, 15) is 20.1 Å². The second-order valence-corrected chi connectivity index (χ2v) is 7.52. The molecule has 11 heteroatoms. The lowest BCUT2D eigenvalue weighted by Crippen LogP contribution is -2.33. The number of anilines is 1. The fourth-order valence-corrected chi connectivity index (χ4v) is 3.68. The zero-order chi connectivity index (χ0) is 22.4. The van der Waals surface area contributed by atoms with Gasteiger partial charge in [-0.2, -0.15) is 0 Å². The number of ether oxygens (including phenoxy) is 1. The largest absolute Gasteiger partial charge is 0.481 e. The van der Waals surface area contributed by atoms with Gasteiger partial charge in [0.1, 0.15) is 24.6 Å². The number of aliphatic hydroxyl groups excluding tert-OH is 3. The fourth-order valence-electron chi connectivity index (χ4n) is 3.68. The molecule has 1 aliphatic rings. The molecule has 0 amide bonds. The van der Waals surface area contributed by atoms with Crippen molar-refractivity contribution in [3.8, 4) is 0 Å². The summed E-state index contributed by atoms with van der Waals surface area (Å²) in [7, 11) is 0. The number of rotatable bonds is 11. The highest BCUT2D eigenvalue weighted by Crippen LogP contribution is 2.32. The van der Waals surface area contributed by atoms with Gasteiger partial charge in [-0.15, -0.1) is 0 Å². The van der Waals surface area contributed by atoms with E-state index in [1.807, 2.05) is 6.92 Å². The summed E-state index contributed by atoms with van der Waals surface area (Å²) in [5, 5.41) is 41.9. The number of aliphatic hydroxyl groups is 3. The SMILES string of the molecule is C/C=C/C(CCCCCNc1ncnc2c1ncn2[C@@H]1O[C@H](CO)[C@@H](O)[C@H]1O)C(=O)O. The van der Waals surface area contributed by atoms with E-state index in [0.29, 0.717) is 29.9 Å². The van der Waals surface area contributed by atoms with Crippen LogP contribution in [0.3, 0.4) is 0 Å². The number of fused-ring (bicyclic) bond motifs is 1. The van der Waals surface area contributed by atoms with E-state index in [4.69, 9.17) is 9.84 Å². The fraction of sp³-hybridized carbons (Fsp3) is 0.600. The molecule has 11 nitrogen and oxygen atoms in total. The number of hydrogen-bond donors (Lipinski definition) is 5. The summed E-state index contributed by atoms with van der Waals surface area (Å²) < 4.78 is 7.06. The van der Waals surface area contributed by atoms with Crippen molar-refractivity contribution in [3.05, 3.63) is 24.8 Å². The molecule has 0 aromatic carbocycles. The average molecular weight is 435 g/mol. The van der Waals surface area contributed by atoms with Gasteiger partial charge in [0.25, 0.3) is 0 Å². The van der Waals surface area contributed by atoms with Crippen molar-refractivity contribution in [1.29, 1.82) is 0 Å². The van der Waals surface area contributed by atoms with Crippen LogP contribution in [0.15, 0.2) is 24.8 Å². The van der Waals surface area contributed by atoms with Crippen LogP contribution in [0.5, 0.6) is 0 Å². The first-order chi connectivity index (χ1) is 15.0. The predicted molar refractivity (Wildman–Crippen MR) is 111 cm³/mol. The van der Waals surface area contributed by atoms with Gasteiger partial charge in [0.2, 0.25) is 0 Å². The summed E-state index contributed by atoms with van der Waals surface area (Å²) >= 11 is 0. The van der Waals surface area contributed by atoms with Gasteiger partial charge in [-0.3, -0.25) is 9.36 Å². The van der Waals surface area contributed by atoms with Crippen LogP contribution in [-0.4, -0.2) is 77.4 Å². The minimum atomic E-state index is -1.22. The minimum absolute atomic E-state index is 0.412. The van der Waals surface area contributed by atoms with E-state index in [1.165, 1.54) is 17.2 Å². The molecule has 170 valence electrons. The Morgan fingerprint density at radius 3 is 2.74 bits per heavy atom. The third kappa shape index (κ3) is 5.18. The Hall–Kier alpha value is -2.60. The molecule has 2 aromatic heterocycles. The summed E-state index contributed by atoms with van der Waals surface area (Å²) in [4.78, 5) is 23.9. The molecule has 2 aromatic rings. The number of nitrogens with one attached hydrogen (secondary N) is 1. The van der Waals surface area contributed by atoms with Gasteiger partial charge < -0.3 is 30.5 Å². The van der Waals surface area contributed by atoms with E-state index < -0.39 is 43.0 Å². The molecular weight excluding hydrogens is 406 g/mol. The zero-order valence-electron chi connectivity index (χ0n) is 17.3. The van der Waals surface area contributed by atoms with Crippen molar-refractivity contribution in [1.82, 2.24) is 19.5 Å². The third-order valence-corrected chi connectivity index (χ3v) is 5.38. The third-order valence-electron chi connectivity index (χ3n) is 5.38. The van der Waals surface area contributed by atoms with Gasteiger partial charge in [0.15, 0.2) is 23.2 Å². The van der Waals surface area contributed by atoms with Crippen molar-refractivity contribution in [2.75, 3.05) is 18.5 Å². The molecule has 1 fully saturated rings. The molecule has 1 aliphatic heterocycles. The first kappa shape index (κ1) is 23.1. The highest BCUT2D eigenvalue weighted by Gasteiger charge is 2.44. The van der Waals surface area contributed by atoms with Crippen molar-refractivity contribution < 1.29 is 30.0 Å². The van der Waals surface area contributed by atoms with Gasteiger partial charge in [0, 0.05) is 6.54 Å². The van der Waals surface area contributed by atoms with Crippen molar-refractivity contribution in [2.24, 2.45) is 5.92 Å². The molecule has 1 saturated heterocycles. The summed E-state index contributed by atoms with van der Waals surface area (Å²) in [6.07, 6.45) is 5.19. The van der Waals surface area contributed by atoms with Gasteiger partial charge in [-0.25, -0.2) is 15.0 Å². The van der Waals surface area contributed by atoms with Gasteiger partial charge in [0.05, 0.1) is 18.9 Å². The summed E-state index contributed by atoms with van der Waals surface area (Å²) in [5.74, 6) is -0.710. The second-order valence-electron chi connectivity index (χ2n) is 7.52. The zero-order valence-corrected chi connectivity index (χ0v) is 17.3. The summed E-state index contributed by atoms with van der Waals surface area (Å²) in [6.45, 7) is 2.04. The first-order valence-corrected chi connectivity index (χ1v) is 10.4. The van der Waals surface area contributed by atoms with Crippen LogP contribution >= 0.6 is 0 Å². The van der Waals surface area contributed by atoms with Crippen LogP contribution in [-0.2, 0) is 9.53 Å². The minimum Gasteiger partial charge on any atom is -0.481 e. The number of carboxylic acids is 1. The van der Waals surface area contributed by atoms with E-state index in [0.717, 1.165) is 19.3 Å². The smallest absolute Gasteiger partial charge is 0.310 e. The number of carbonyl (C=O) groups is 1. The quantitative estimate of drug-likeness (QED) is 0.251. The van der Waals surface area contributed by atoms with Crippen LogP contribution in [0.1, 0.15) is 38.8 Å². The number of allylic oxidation sites excluding steroid dienone is 1. The number of hydrogen-bond acceptors (Lipinski definition) is 9. The second kappa shape index (κ2) is 10.6. The molecule has 0 bridgehead atoms. The van der Waals surface area contributed by atoms with Crippen molar-refractivity contribution in [3.63, 3.8) is 0 Å². The molecule has 5 atom stereocenters. The van der Waals surface area contributed by atoms with Crippen molar-refractivity contribution >= 4 is 23.0 Å². The lowest BCUT2D eigenvalue weighted by Gasteiger charge is -2.16. The molecule has 3 rings (SSSR count). The average Bonchev–Trinajstić information content (AvgIpc) is 3.31. The van der Waals surface area contributed by atoms with E-state index in [2.05, 4.69) is 20.3 Å². The molecule has 3 heterocycles. The number of nitrogens with zero attached hydrogens (tertiary/aromatic N) is 4. The van der Waals surface area contributed by atoms with E-state index in [1.54, 1.807) is 12.2 Å². The number of imidazole rings is 1. The predicted octanol–water partition coefficient (Wildman–Crippen LogP) is 0.687. The standard InChI is InChI=1S/C20H29N5O6/c1-2-6-12(20(29)30)7-4-3-5-8-21-17-14-18(23-10-22-17)25(11-24-14)19-16(28)15(27)13(9-26)31-19/h2,6,10-13,15-16,19,26-28H,3-5,7-9H2,1H3,(H,29,30)(H,21,22,23)/b6-2+/t12?,13-,15-,16-,19-/m1/s1. The van der Waals surface area contributed by atoms with Crippen LogP contribution in [0.4, 0.5) is 5.82 Å². The Kier molecular flexibility index (Phi) is 7.91. The van der Waals surface area contributed by atoms with Crippen LogP contribution < -0.4 is 5.32 Å². The Labute approximate surface area is 179 Å². The number of aromatic nitrogens is 4. The lowest BCUT2D eigenvalue weighted by atomic mass is 10.0. The Balaban J connectivity index is 1.56. The van der Waals surface area contributed by atoms with Gasteiger partial charge >= 0.3 is 5.97 Å². The molecule has 0 spiro atoms. The highest BCUT2D eigenvalue weighted by atomic mass is 16.6. The normalized spacial score (nSPS) is 24.8. The topological polar surface area (TPSA) is 163 Å². The molecule has 31 heavy (non-hydrogen) atoms. The Morgan fingerprint density at radius 2 is 2.06 bits per heavy atom.